The largest absolute Gasteiger partial charge is 0.384 e. The molecule has 1 aliphatic heterocycles. The van der Waals surface area contributed by atoms with Gasteiger partial charge in [-0.1, -0.05) is 13.8 Å². The van der Waals surface area contributed by atoms with Gasteiger partial charge in [-0.15, -0.1) is 0 Å². The molecule has 104 valence electrons. The molecular formula is C15H23N3O. The van der Waals surface area contributed by atoms with Crippen molar-refractivity contribution in [3.8, 4) is 0 Å². The number of anilines is 1. The summed E-state index contributed by atoms with van der Waals surface area (Å²) in [5.74, 6) is 0.788. The van der Waals surface area contributed by atoms with E-state index in [9.17, 15) is 4.79 Å². The molecule has 1 atom stereocenters. The van der Waals surface area contributed by atoms with Gasteiger partial charge < -0.3 is 10.6 Å². The molecule has 2 N–H and O–H groups in total. The lowest BCUT2D eigenvalue weighted by Crippen LogP contribution is -2.42. The van der Waals surface area contributed by atoms with E-state index in [0.717, 1.165) is 25.1 Å². The van der Waals surface area contributed by atoms with Gasteiger partial charge in [0.15, 0.2) is 0 Å². The number of nitrogen functional groups attached to an aromatic ring is 1. The van der Waals surface area contributed by atoms with Crippen LogP contribution in [0.2, 0.25) is 0 Å². The van der Waals surface area contributed by atoms with Crippen LogP contribution in [0, 0.1) is 0 Å². The molecule has 1 aromatic heterocycles. The van der Waals surface area contributed by atoms with Gasteiger partial charge in [0.05, 0.1) is 0 Å². The highest BCUT2D eigenvalue weighted by Gasteiger charge is 2.24. The van der Waals surface area contributed by atoms with Crippen LogP contribution < -0.4 is 5.73 Å². The summed E-state index contributed by atoms with van der Waals surface area (Å²) in [5, 5.41) is 0. The number of carbonyl (C=O) groups excluding carboxylic acids is 1. The highest BCUT2D eigenvalue weighted by atomic mass is 16.2. The zero-order valence-corrected chi connectivity index (χ0v) is 12.0. The fourth-order valence-corrected chi connectivity index (χ4v) is 2.56. The second-order valence-corrected chi connectivity index (χ2v) is 5.70. The summed E-state index contributed by atoms with van der Waals surface area (Å²) in [7, 11) is 0. The maximum Gasteiger partial charge on any atom is 0.254 e. The highest BCUT2D eigenvalue weighted by Crippen LogP contribution is 2.22. The third-order valence-electron chi connectivity index (χ3n) is 3.77. The Morgan fingerprint density at radius 3 is 2.79 bits per heavy atom. The normalized spacial score (nSPS) is 19.8. The Hall–Kier alpha value is -1.58. The van der Waals surface area contributed by atoms with E-state index in [1.54, 1.807) is 6.07 Å². The van der Waals surface area contributed by atoms with E-state index in [1.807, 2.05) is 11.0 Å². The number of hydrogen-bond acceptors (Lipinski definition) is 3. The van der Waals surface area contributed by atoms with Crippen LogP contribution in [0.4, 0.5) is 5.82 Å². The minimum absolute atomic E-state index is 0.0863. The van der Waals surface area contributed by atoms with Crippen LogP contribution in [-0.2, 0) is 0 Å². The molecule has 0 aliphatic carbocycles. The molecule has 1 amide bonds. The zero-order valence-electron chi connectivity index (χ0n) is 12.0. The molecule has 1 aromatic rings. The maximum absolute atomic E-state index is 12.6. The van der Waals surface area contributed by atoms with Crippen LogP contribution >= 0.6 is 0 Å². The fraction of sp³-hybridized carbons (Fsp3) is 0.600. The van der Waals surface area contributed by atoms with E-state index in [0.29, 0.717) is 17.4 Å². The number of aromatic nitrogens is 1. The molecule has 1 saturated heterocycles. The molecule has 0 radical (unpaired) electrons. The lowest BCUT2D eigenvalue weighted by atomic mass is 10.0. The average molecular weight is 261 g/mol. The van der Waals surface area contributed by atoms with Gasteiger partial charge in [0.2, 0.25) is 0 Å². The van der Waals surface area contributed by atoms with Crippen molar-refractivity contribution >= 4 is 11.7 Å². The summed E-state index contributed by atoms with van der Waals surface area (Å²) in [6, 6.07) is 3.89. The van der Waals surface area contributed by atoms with Gasteiger partial charge in [0.25, 0.3) is 5.91 Å². The number of piperidine rings is 1. The van der Waals surface area contributed by atoms with Crippen molar-refractivity contribution < 1.29 is 4.79 Å². The third-order valence-corrected chi connectivity index (χ3v) is 3.77. The first-order chi connectivity index (χ1) is 8.99. The van der Waals surface area contributed by atoms with Gasteiger partial charge in [-0.2, -0.15) is 0 Å². The second kappa shape index (κ2) is 5.59. The first-order valence-electron chi connectivity index (χ1n) is 7.07. The summed E-state index contributed by atoms with van der Waals surface area (Å²) in [4.78, 5) is 18.8. The molecule has 4 heteroatoms. The Morgan fingerprint density at radius 2 is 2.16 bits per heavy atom. The Balaban J connectivity index is 2.27. The quantitative estimate of drug-likeness (QED) is 0.890. The van der Waals surface area contributed by atoms with Crippen LogP contribution in [0.1, 0.15) is 62.0 Å². The molecule has 1 aliphatic rings. The Labute approximate surface area is 115 Å². The zero-order chi connectivity index (χ0) is 14.0. The average Bonchev–Trinajstić information content (AvgIpc) is 2.37. The molecule has 1 unspecified atom stereocenters. The molecule has 2 rings (SSSR count). The Kier molecular flexibility index (Phi) is 4.08. The minimum Gasteiger partial charge on any atom is -0.384 e. The molecule has 0 bridgehead atoms. The SMILES string of the molecule is CC(C)c1cc(C(=O)N2CCCCC2C)cc(N)n1. The summed E-state index contributed by atoms with van der Waals surface area (Å²) in [5.41, 5.74) is 7.37. The van der Waals surface area contributed by atoms with E-state index >= 15 is 0 Å². The maximum atomic E-state index is 12.6. The predicted octanol–water partition coefficient (Wildman–Crippen LogP) is 2.80. The summed E-state index contributed by atoms with van der Waals surface area (Å²) in [6.07, 6.45) is 3.39. The number of nitrogens with zero attached hydrogens (tertiary/aromatic N) is 2. The number of amides is 1. The standard InChI is InChI=1S/C15H23N3O/c1-10(2)13-8-12(9-14(16)17-13)15(19)18-7-5-4-6-11(18)3/h8-11H,4-7H2,1-3H3,(H2,16,17). The summed E-state index contributed by atoms with van der Waals surface area (Å²) >= 11 is 0. The monoisotopic (exact) mass is 261 g/mol. The van der Waals surface area contributed by atoms with Gasteiger partial charge in [0.1, 0.15) is 5.82 Å². The molecule has 19 heavy (non-hydrogen) atoms. The Morgan fingerprint density at radius 1 is 1.42 bits per heavy atom. The van der Waals surface area contributed by atoms with Gasteiger partial charge in [-0.05, 0) is 44.2 Å². The van der Waals surface area contributed by atoms with Crippen LogP contribution in [-0.4, -0.2) is 28.4 Å². The van der Waals surface area contributed by atoms with E-state index in [-0.39, 0.29) is 11.8 Å². The number of nitrogens with two attached hydrogens (primary N) is 1. The van der Waals surface area contributed by atoms with Crippen molar-refractivity contribution in [3.63, 3.8) is 0 Å². The number of rotatable bonds is 2. The highest BCUT2D eigenvalue weighted by molar-refractivity contribution is 5.95. The smallest absolute Gasteiger partial charge is 0.254 e. The lowest BCUT2D eigenvalue weighted by molar-refractivity contribution is 0.0635. The molecule has 0 spiro atoms. The predicted molar refractivity (Wildman–Crippen MR) is 77.1 cm³/mol. The number of hydrogen-bond donors (Lipinski definition) is 1. The topological polar surface area (TPSA) is 59.2 Å². The van der Waals surface area contributed by atoms with Gasteiger partial charge in [-0.3, -0.25) is 4.79 Å². The summed E-state index contributed by atoms with van der Waals surface area (Å²) in [6.45, 7) is 7.07. The molecule has 1 fully saturated rings. The number of carbonyl (C=O) groups is 1. The van der Waals surface area contributed by atoms with Crippen molar-refractivity contribution in [3.05, 3.63) is 23.4 Å². The van der Waals surface area contributed by atoms with Crippen molar-refractivity contribution in [2.75, 3.05) is 12.3 Å². The molecule has 2 heterocycles. The van der Waals surface area contributed by atoms with Crippen molar-refractivity contribution in [2.45, 2.75) is 52.0 Å². The summed E-state index contributed by atoms with van der Waals surface area (Å²) < 4.78 is 0. The molecule has 0 aromatic carbocycles. The van der Waals surface area contributed by atoms with Crippen LogP contribution in [0.3, 0.4) is 0 Å². The van der Waals surface area contributed by atoms with Gasteiger partial charge >= 0.3 is 0 Å². The van der Waals surface area contributed by atoms with Crippen molar-refractivity contribution in [1.29, 1.82) is 0 Å². The van der Waals surface area contributed by atoms with Crippen molar-refractivity contribution in [2.24, 2.45) is 0 Å². The van der Waals surface area contributed by atoms with Crippen LogP contribution in [0.25, 0.3) is 0 Å². The number of pyridine rings is 1. The lowest BCUT2D eigenvalue weighted by Gasteiger charge is -2.33. The first kappa shape index (κ1) is 13.8. The number of likely N-dealkylation sites (tertiary alicyclic amines) is 1. The van der Waals surface area contributed by atoms with Crippen LogP contribution in [0.15, 0.2) is 12.1 Å². The molecule has 4 nitrogen and oxygen atoms in total. The first-order valence-corrected chi connectivity index (χ1v) is 7.07. The van der Waals surface area contributed by atoms with E-state index in [2.05, 4.69) is 25.8 Å². The molecular weight excluding hydrogens is 238 g/mol. The fourth-order valence-electron chi connectivity index (χ4n) is 2.56. The van der Waals surface area contributed by atoms with E-state index in [4.69, 9.17) is 5.73 Å². The Bertz CT molecular complexity index is 470. The minimum atomic E-state index is 0.0863. The van der Waals surface area contributed by atoms with Crippen LogP contribution in [0.5, 0.6) is 0 Å². The van der Waals surface area contributed by atoms with Gasteiger partial charge in [-0.25, -0.2) is 4.98 Å². The second-order valence-electron chi connectivity index (χ2n) is 5.70. The van der Waals surface area contributed by atoms with E-state index in [1.165, 1.54) is 6.42 Å². The van der Waals surface area contributed by atoms with Crippen molar-refractivity contribution in [1.82, 2.24) is 9.88 Å². The molecule has 0 saturated carbocycles. The third kappa shape index (κ3) is 3.06. The van der Waals surface area contributed by atoms with E-state index < -0.39 is 0 Å². The van der Waals surface area contributed by atoms with Gasteiger partial charge in [0, 0.05) is 23.8 Å².